The van der Waals surface area contributed by atoms with E-state index in [1.54, 1.807) is 18.3 Å². The lowest BCUT2D eigenvalue weighted by Gasteiger charge is -2.28. The first-order valence-corrected chi connectivity index (χ1v) is 14.1. The molecule has 10 nitrogen and oxygen atoms in total. The topological polar surface area (TPSA) is 120 Å². The Morgan fingerprint density at radius 2 is 1.74 bits per heavy atom. The minimum atomic E-state index is -3.82. The number of fused-ring (bicyclic) bond motifs is 1. The molecule has 0 amide bonds. The third kappa shape index (κ3) is 5.76. The van der Waals surface area contributed by atoms with Gasteiger partial charge in [-0.05, 0) is 60.2 Å². The van der Waals surface area contributed by atoms with Crippen LogP contribution in [0.3, 0.4) is 0 Å². The fourth-order valence-corrected chi connectivity index (χ4v) is 5.20. The molecule has 2 heterocycles. The average Bonchev–Trinajstić information content (AvgIpc) is 3.16. The fraction of sp³-hybridized carbons (Fsp3) is 0.185. The summed E-state index contributed by atoms with van der Waals surface area (Å²) < 4.78 is 23.4. The van der Waals surface area contributed by atoms with Crippen LogP contribution in [0.25, 0.3) is 0 Å². The molecule has 1 aliphatic heterocycles. The molecule has 0 radical (unpaired) electrons. The molecule has 1 aliphatic rings. The Kier molecular flexibility index (Phi) is 7.32. The first kappa shape index (κ1) is 26.7. The number of anilines is 6. The van der Waals surface area contributed by atoms with Gasteiger partial charge in [-0.1, -0.05) is 29.8 Å². The third-order valence-electron chi connectivity index (χ3n) is 6.65. The lowest BCUT2D eigenvalue weighted by atomic mass is 10.2. The van der Waals surface area contributed by atoms with Crippen LogP contribution in [0, 0.1) is 0 Å². The molecular weight excluding hydrogens is 536 g/mol. The van der Waals surface area contributed by atoms with E-state index in [9.17, 15) is 8.42 Å². The number of rotatable bonds is 8. The van der Waals surface area contributed by atoms with Crippen LogP contribution < -0.4 is 30.5 Å². The number of hydrogen-bond donors (Lipinski definition) is 3. The van der Waals surface area contributed by atoms with Gasteiger partial charge in [-0.25, -0.2) is 18.5 Å². The summed E-state index contributed by atoms with van der Waals surface area (Å²) >= 11 is 6.02. The van der Waals surface area contributed by atoms with E-state index in [0.717, 1.165) is 27.6 Å². The van der Waals surface area contributed by atoms with Gasteiger partial charge in [0, 0.05) is 50.3 Å². The number of primary sulfonamides is 1. The smallest absolute Gasteiger partial charge is 0.238 e. The summed E-state index contributed by atoms with van der Waals surface area (Å²) in [5.41, 5.74) is 4.82. The average molecular weight is 565 g/mol. The Balaban J connectivity index is 1.32. The molecule has 5 rings (SSSR count). The van der Waals surface area contributed by atoms with Crippen molar-refractivity contribution in [3.63, 3.8) is 0 Å². The summed E-state index contributed by atoms with van der Waals surface area (Å²) in [7, 11) is 2.25. The zero-order valence-corrected chi connectivity index (χ0v) is 23.3. The minimum absolute atomic E-state index is 0.00830. The molecule has 4 aromatic rings. The second-order valence-corrected chi connectivity index (χ2v) is 11.3. The maximum absolute atomic E-state index is 11.7. The van der Waals surface area contributed by atoms with Gasteiger partial charge < -0.3 is 20.0 Å². The van der Waals surface area contributed by atoms with Crippen molar-refractivity contribution < 1.29 is 8.42 Å². The highest BCUT2D eigenvalue weighted by Crippen LogP contribution is 2.40. The fourth-order valence-electron chi connectivity index (χ4n) is 4.52. The summed E-state index contributed by atoms with van der Waals surface area (Å²) in [5, 5.41) is 12.6. The number of nitrogens with two attached hydrogens (primary N) is 1. The second-order valence-electron chi connectivity index (χ2n) is 9.27. The van der Waals surface area contributed by atoms with E-state index in [2.05, 4.69) is 62.7 Å². The van der Waals surface area contributed by atoms with Gasteiger partial charge in [0.05, 0.1) is 16.3 Å². The van der Waals surface area contributed by atoms with Gasteiger partial charge in [-0.2, -0.15) is 4.98 Å². The molecule has 1 aromatic heterocycles. The molecule has 0 saturated heterocycles. The van der Waals surface area contributed by atoms with E-state index in [4.69, 9.17) is 16.7 Å². The van der Waals surface area contributed by atoms with Gasteiger partial charge in [0.15, 0.2) is 6.29 Å². The zero-order valence-electron chi connectivity index (χ0n) is 21.7. The summed E-state index contributed by atoms with van der Waals surface area (Å²) in [6.07, 6.45) is 1.63. The van der Waals surface area contributed by atoms with Gasteiger partial charge >= 0.3 is 0 Å². The van der Waals surface area contributed by atoms with Gasteiger partial charge in [0.1, 0.15) is 5.82 Å². The molecule has 202 valence electrons. The summed E-state index contributed by atoms with van der Waals surface area (Å²) in [6, 6.07) is 22.1. The van der Waals surface area contributed by atoms with Gasteiger partial charge in [0.2, 0.25) is 16.0 Å². The van der Waals surface area contributed by atoms with E-state index in [1.165, 1.54) is 12.1 Å². The Labute approximate surface area is 233 Å². The molecule has 1 unspecified atom stereocenters. The Hall–Kier alpha value is -3.90. The monoisotopic (exact) mass is 564 g/mol. The van der Waals surface area contributed by atoms with E-state index < -0.39 is 10.0 Å². The van der Waals surface area contributed by atoms with Crippen LogP contribution in [-0.2, 0) is 16.6 Å². The van der Waals surface area contributed by atoms with E-state index >= 15 is 0 Å². The van der Waals surface area contributed by atoms with Crippen LogP contribution in [-0.4, -0.2) is 45.8 Å². The Bertz CT molecular complexity index is 1600. The molecule has 39 heavy (non-hydrogen) atoms. The van der Waals surface area contributed by atoms with E-state index in [1.807, 2.05) is 42.3 Å². The zero-order chi connectivity index (χ0) is 27.7. The highest BCUT2D eigenvalue weighted by Gasteiger charge is 2.31. The number of hydrogen-bond acceptors (Lipinski definition) is 9. The predicted molar refractivity (Wildman–Crippen MR) is 157 cm³/mol. The summed E-state index contributed by atoms with van der Waals surface area (Å²) in [4.78, 5) is 15.3. The molecule has 12 heteroatoms. The van der Waals surface area contributed by atoms with Crippen molar-refractivity contribution in [1.82, 2.24) is 15.3 Å². The van der Waals surface area contributed by atoms with Crippen molar-refractivity contribution >= 4 is 56.1 Å². The maximum atomic E-state index is 11.7. The number of halogens is 1. The SMILES string of the molecule is CN(c1ccc2c(c1)N(C)C(NCc1ccc(Cl)cc1)N2C)c1ccnc(Nc2cccc(S(N)(=O)=O)c2)n1. The molecule has 0 fully saturated rings. The van der Waals surface area contributed by atoms with Crippen molar-refractivity contribution in [2.45, 2.75) is 17.7 Å². The van der Waals surface area contributed by atoms with Crippen molar-refractivity contribution in [2.75, 3.05) is 41.2 Å². The highest BCUT2D eigenvalue weighted by atomic mass is 35.5. The molecular formula is C27H29ClN8O2S. The maximum Gasteiger partial charge on any atom is 0.238 e. The largest absolute Gasteiger partial charge is 0.340 e. The van der Waals surface area contributed by atoms with Crippen LogP contribution in [0.5, 0.6) is 0 Å². The third-order valence-corrected chi connectivity index (χ3v) is 7.81. The predicted octanol–water partition coefficient (Wildman–Crippen LogP) is 4.25. The van der Waals surface area contributed by atoms with E-state index in [-0.39, 0.29) is 11.2 Å². The number of sulfonamides is 1. The standard InChI is InChI=1S/C27H29ClN8O2S/c1-34(25-13-14-30-26(33-25)32-20-5-4-6-22(15-20)39(29,37)38)21-11-12-23-24(16-21)36(3)27(35(23)2)31-17-18-7-9-19(28)10-8-18/h4-16,27,31H,17H2,1-3H3,(H2,29,37,38)(H,30,32,33). The van der Waals surface area contributed by atoms with Crippen LogP contribution in [0.2, 0.25) is 5.02 Å². The summed E-state index contributed by atoms with van der Waals surface area (Å²) in [5.74, 6) is 0.997. The normalized spacial score (nSPS) is 14.8. The second kappa shape index (κ2) is 10.7. The highest BCUT2D eigenvalue weighted by molar-refractivity contribution is 7.89. The van der Waals surface area contributed by atoms with Crippen LogP contribution in [0.15, 0.2) is 83.9 Å². The molecule has 0 spiro atoms. The minimum Gasteiger partial charge on any atom is -0.340 e. The molecule has 0 saturated carbocycles. The van der Waals surface area contributed by atoms with Crippen molar-refractivity contribution in [2.24, 2.45) is 5.14 Å². The Morgan fingerprint density at radius 1 is 1.00 bits per heavy atom. The lowest BCUT2D eigenvalue weighted by Crippen LogP contribution is -2.49. The molecule has 4 N–H and O–H groups in total. The number of nitrogens with zero attached hydrogens (tertiary/aromatic N) is 5. The number of nitrogens with one attached hydrogen (secondary N) is 2. The van der Waals surface area contributed by atoms with Crippen molar-refractivity contribution in [3.05, 3.63) is 89.6 Å². The lowest BCUT2D eigenvalue weighted by molar-refractivity contribution is 0.515. The molecule has 3 aromatic carbocycles. The first-order chi connectivity index (χ1) is 18.6. The van der Waals surface area contributed by atoms with Crippen molar-refractivity contribution in [3.8, 4) is 0 Å². The summed E-state index contributed by atoms with van der Waals surface area (Å²) in [6.45, 7) is 0.702. The Morgan fingerprint density at radius 3 is 2.49 bits per heavy atom. The molecule has 0 aliphatic carbocycles. The van der Waals surface area contributed by atoms with E-state index in [0.29, 0.717) is 24.0 Å². The van der Waals surface area contributed by atoms with Crippen molar-refractivity contribution in [1.29, 1.82) is 0 Å². The van der Waals surface area contributed by atoms with Crippen LogP contribution >= 0.6 is 11.6 Å². The first-order valence-electron chi connectivity index (χ1n) is 12.1. The number of benzene rings is 3. The quantitative estimate of drug-likeness (QED) is 0.288. The van der Waals surface area contributed by atoms with Gasteiger partial charge in [-0.3, -0.25) is 5.32 Å². The number of aromatic nitrogens is 2. The molecule has 0 bridgehead atoms. The van der Waals surface area contributed by atoms with Gasteiger partial charge in [0.25, 0.3) is 0 Å². The molecule has 1 atom stereocenters. The van der Waals surface area contributed by atoms with Crippen LogP contribution in [0.4, 0.5) is 34.5 Å². The van der Waals surface area contributed by atoms with Crippen LogP contribution in [0.1, 0.15) is 5.56 Å². The van der Waals surface area contributed by atoms with Gasteiger partial charge in [-0.15, -0.1) is 0 Å².